The molecular formula is C23H30BrClN4O2. The molecule has 1 amide bonds. The molecule has 3 aromatic rings. The van der Waals surface area contributed by atoms with Crippen LogP contribution in [0.15, 0.2) is 22.7 Å². The molecule has 1 aromatic carbocycles. The third kappa shape index (κ3) is 6.10. The second kappa shape index (κ2) is 10.2. The molecule has 0 saturated heterocycles. The van der Waals surface area contributed by atoms with Gasteiger partial charge in [0.2, 0.25) is 0 Å². The van der Waals surface area contributed by atoms with Crippen molar-refractivity contribution in [2.45, 2.75) is 71.9 Å². The second-order valence-electron chi connectivity index (χ2n) is 8.68. The molecule has 168 valence electrons. The average Bonchev–Trinajstić information content (AvgIpc) is 3.05. The van der Waals surface area contributed by atoms with Crippen molar-refractivity contribution in [1.82, 2.24) is 19.9 Å². The fourth-order valence-electron chi connectivity index (χ4n) is 3.54. The van der Waals surface area contributed by atoms with Crippen molar-refractivity contribution in [3.05, 3.63) is 33.6 Å². The van der Waals surface area contributed by atoms with Crippen LogP contribution in [0.5, 0.6) is 0 Å². The standard InChI is InChI=1S/C23H30BrClN4O2/c1-5-6-9-18-28-19-20(16-14-15(24)10-11-17(16)27-21(19)25)29(18)13-8-7-12-26-22(30)31-23(2,3)4/h10-11,14H,5-9,12-13H2,1-4H3,(H,26,30). The van der Waals surface area contributed by atoms with Crippen molar-refractivity contribution >= 4 is 55.6 Å². The third-order valence-corrected chi connectivity index (χ3v) is 5.66. The van der Waals surface area contributed by atoms with E-state index in [4.69, 9.17) is 21.3 Å². The number of carbonyl (C=O) groups is 1. The van der Waals surface area contributed by atoms with E-state index < -0.39 is 5.60 Å². The number of benzene rings is 1. The monoisotopic (exact) mass is 508 g/mol. The fourth-order valence-corrected chi connectivity index (χ4v) is 4.12. The highest BCUT2D eigenvalue weighted by Gasteiger charge is 2.18. The number of halogens is 2. The number of fused-ring (bicyclic) bond motifs is 3. The van der Waals surface area contributed by atoms with Crippen molar-refractivity contribution < 1.29 is 9.53 Å². The predicted octanol–water partition coefficient (Wildman–Crippen LogP) is 6.65. The lowest BCUT2D eigenvalue weighted by Crippen LogP contribution is -2.33. The lowest BCUT2D eigenvalue weighted by Gasteiger charge is -2.19. The number of nitrogens with one attached hydrogen (secondary N) is 1. The molecule has 1 N–H and O–H groups in total. The number of hydrogen-bond donors (Lipinski definition) is 1. The number of amides is 1. The summed E-state index contributed by atoms with van der Waals surface area (Å²) in [7, 11) is 0. The summed E-state index contributed by atoms with van der Waals surface area (Å²) in [6.45, 7) is 9.12. The van der Waals surface area contributed by atoms with Gasteiger partial charge in [-0.15, -0.1) is 0 Å². The molecule has 0 bridgehead atoms. The van der Waals surface area contributed by atoms with Crippen molar-refractivity contribution in [1.29, 1.82) is 0 Å². The fraction of sp³-hybridized carbons (Fsp3) is 0.522. The molecule has 0 aliphatic carbocycles. The lowest BCUT2D eigenvalue weighted by atomic mass is 10.2. The van der Waals surface area contributed by atoms with Crippen LogP contribution in [0.2, 0.25) is 5.15 Å². The van der Waals surface area contributed by atoms with Gasteiger partial charge in [-0.2, -0.15) is 0 Å². The van der Waals surface area contributed by atoms with Crippen LogP contribution < -0.4 is 5.32 Å². The number of alkyl carbamates (subject to hydrolysis) is 1. The van der Waals surface area contributed by atoms with Gasteiger partial charge in [-0.1, -0.05) is 40.9 Å². The van der Waals surface area contributed by atoms with Gasteiger partial charge in [0.25, 0.3) is 0 Å². The Labute approximate surface area is 196 Å². The Bertz CT molecular complexity index is 1080. The molecule has 0 fully saturated rings. The van der Waals surface area contributed by atoms with Crippen LogP contribution in [0.4, 0.5) is 4.79 Å². The maximum atomic E-state index is 11.8. The number of aryl methyl sites for hydroxylation is 2. The highest BCUT2D eigenvalue weighted by atomic mass is 79.9. The Morgan fingerprint density at radius 1 is 1.23 bits per heavy atom. The molecular weight excluding hydrogens is 480 g/mol. The molecule has 0 aliphatic rings. The highest BCUT2D eigenvalue weighted by molar-refractivity contribution is 9.10. The first-order valence-electron chi connectivity index (χ1n) is 10.8. The summed E-state index contributed by atoms with van der Waals surface area (Å²) in [5, 5.41) is 4.30. The van der Waals surface area contributed by atoms with E-state index in [0.717, 1.165) is 70.9 Å². The Morgan fingerprint density at radius 2 is 2.00 bits per heavy atom. The van der Waals surface area contributed by atoms with Crippen LogP contribution in [0.25, 0.3) is 21.9 Å². The molecule has 0 saturated carbocycles. The zero-order valence-electron chi connectivity index (χ0n) is 18.6. The van der Waals surface area contributed by atoms with Crippen molar-refractivity contribution in [2.75, 3.05) is 6.54 Å². The van der Waals surface area contributed by atoms with Gasteiger partial charge in [0.05, 0.1) is 11.0 Å². The molecule has 0 unspecified atom stereocenters. The van der Waals surface area contributed by atoms with Crippen LogP contribution in [0.3, 0.4) is 0 Å². The van der Waals surface area contributed by atoms with E-state index >= 15 is 0 Å². The van der Waals surface area contributed by atoms with Gasteiger partial charge in [0.1, 0.15) is 16.9 Å². The number of hydrogen-bond acceptors (Lipinski definition) is 4. The van der Waals surface area contributed by atoms with Gasteiger partial charge in [-0.05, 0) is 58.2 Å². The number of imidazole rings is 1. The maximum Gasteiger partial charge on any atom is 0.407 e. The normalized spacial score (nSPS) is 11.9. The van der Waals surface area contributed by atoms with E-state index in [1.54, 1.807) is 0 Å². The van der Waals surface area contributed by atoms with E-state index in [1.165, 1.54) is 0 Å². The van der Waals surface area contributed by atoms with E-state index in [9.17, 15) is 4.79 Å². The minimum atomic E-state index is -0.489. The van der Waals surface area contributed by atoms with Crippen LogP contribution in [-0.2, 0) is 17.7 Å². The number of pyridine rings is 1. The predicted molar refractivity (Wildman–Crippen MR) is 130 cm³/mol. The average molecular weight is 510 g/mol. The molecule has 2 aromatic heterocycles. The van der Waals surface area contributed by atoms with Crippen LogP contribution >= 0.6 is 27.5 Å². The van der Waals surface area contributed by atoms with E-state index in [0.29, 0.717) is 11.7 Å². The number of nitrogens with zero attached hydrogens (tertiary/aromatic N) is 3. The first-order valence-corrected chi connectivity index (χ1v) is 12.0. The summed E-state index contributed by atoms with van der Waals surface area (Å²) < 4.78 is 8.57. The topological polar surface area (TPSA) is 69.0 Å². The number of unbranched alkanes of at least 4 members (excludes halogenated alkanes) is 2. The summed E-state index contributed by atoms with van der Waals surface area (Å²) >= 11 is 10.1. The summed E-state index contributed by atoms with van der Waals surface area (Å²) in [6, 6.07) is 6.02. The maximum absolute atomic E-state index is 11.8. The summed E-state index contributed by atoms with van der Waals surface area (Å²) in [4.78, 5) is 21.2. The van der Waals surface area contributed by atoms with Gasteiger partial charge >= 0.3 is 6.09 Å². The quantitative estimate of drug-likeness (QED) is 0.273. The molecule has 0 atom stereocenters. The molecule has 2 heterocycles. The minimum absolute atomic E-state index is 0.377. The lowest BCUT2D eigenvalue weighted by molar-refractivity contribution is 0.0527. The van der Waals surface area contributed by atoms with Gasteiger partial charge in [0.15, 0.2) is 5.15 Å². The largest absolute Gasteiger partial charge is 0.444 e. The second-order valence-corrected chi connectivity index (χ2v) is 9.95. The van der Waals surface area contributed by atoms with Gasteiger partial charge in [-0.3, -0.25) is 0 Å². The smallest absolute Gasteiger partial charge is 0.407 e. The summed E-state index contributed by atoms with van der Waals surface area (Å²) in [5.74, 6) is 1.04. The Morgan fingerprint density at radius 3 is 2.71 bits per heavy atom. The van der Waals surface area contributed by atoms with Crippen LogP contribution in [0.1, 0.15) is 59.2 Å². The number of ether oxygens (including phenoxy) is 1. The molecule has 0 radical (unpaired) electrons. The molecule has 31 heavy (non-hydrogen) atoms. The molecule has 3 rings (SSSR count). The summed E-state index contributed by atoms with van der Waals surface area (Å²) in [6.07, 6.45) is 4.42. The van der Waals surface area contributed by atoms with Crippen molar-refractivity contribution in [3.63, 3.8) is 0 Å². The Kier molecular flexibility index (Phi) is 7.81. The highest BCUT2D eigenvalue weighted by Crippen LogP contribution is 2.32. The molecule has 0 spiro atoms. The van der Waals surface area contributed by atoms with Gasteiger partial charge in [0, 0.05) is 29.4 Å². The first-order chi connectivity index (χ1) is 14.7. The van der Waals surface area contributed by atoms with E-state index in [-0.39, 0.29) is 6.09 Å². The molecule has 0 aliphatic heterocycles. The Balaban J connectivity index is 1.81. The molecule has 6 nitrogen and oxygen atoms in total. The van der Waals surface area contributed by atoms with Crippen molar-refractivity contribution in [2.24, 2.45) is 0 Å². The van der Waals surface area contributed by atoms with Crippen molar-refractivity contribution in [3.8, 4) is 0 Å². The zero-order valence-corrected chi connectivity index (χ0v) is 20.9. The van der Waals surface area contributed by atoms with Crippen LogP contribution in [0, 0.1) is 0 Å². The van der Waals surface area contributed by atoms with Gasteiger partial charge in [-0.25, -0.2) is 14.8 Å². The number of aromatic nitrogens is 3. The first kappa shape index (κ1) is 23.8. The van der Waals surface area contributed by atoms with Crippen LogP contribution in [-0.4, -0.2) is 32.8 Å². The van der Waals surface area contributed by atoms with E-state index in [1.807, 2.05) is 32.9 Å². The Hall–Kier alpha value is -1.86. The summed E-state index contributed by atoms with van der Waals surface area (Å²) in [5.41, 5.74) is 2.15. The number of carbonyl (C=O) groups excluding carboxylic acids is 1. The zero-order chi connectivity index (χ0) is 22.6. The number of rotatable bonds is 8. The minimum Gasteiger partial charge on any atom is -0.444 e. The SMILES string of the molecule is CCCCc1nc2c(Cl)nc3ccc(Br)cc3c2n1CCCCNC(=O)OC(C)(C)C. The third-order valence-electron chi connectivity index (χ3n) is 4.91. The van der Waals surface area contributed by atoms with Gasteiger partial charge < -0.3 is 14.6 Å². The molecule has 8 heteroatoms. The van der Waals surface area contributed by atoms with E-state index in [2.05, 4.69) is 43.8 Å².